The second-order valence-corrected chi connectivity index (χ2v) is 7.84. The fourth-order valence-corrected chi connectivity index (χ4v) is 3.36. The van der Waals surface area contributed by atoms with E-state index in [-0.39, 0.29) is 12.5 Å². The Kier molecular flexibility index (Phi) is 7.11. The van der Waals surface area contributed by atoms with E-state index in [9.17, 15) is 10.1 Å². The number of benzene rings is 3. The molecule has 0 radical (unpaired) electrons. The lowest BCUT2D eigenvalue weighted by Gasteiger charge is -2.25. The first kappa shape index (κ1) is 21.4. The van der Waals surface area contributed by atoms with Crippen LogP contribution in [0.3, 0.4) is 0 Å². The van der Waals surface area contributed by atoms with Gasteiger partial charge in [0.05, 0.1) is 18.2 Å². The number of hydrogen-bond donors (Lipinski definition) is 1. The minimum Gasteiger partial charge on any atom is -0.358 e. The Hall–Kier alpha value is -3.29. The minimum absolute atomic E-state index is 0.131. The molecule has 0 bridgehead atoms. The number of nitriles is 1. The van der Waals surface area contributed by atoms with Gasteiger partial charge in [-0.05, 0) is 53.4 Å². The number of carbonyl (C=O) groups excluding carboxylic acids is 1. The number of halogens is 1. The lowest BCUT2D eigenvalue weighted by Crippen LogP contribution is -2.33. The number of hydrogen-bond acceptors (Lipinski definition) is 3. The van der Waals surface area contributed by atoms with Crippen molar-refractivity contribution in [3.63, 3.8) is 0 Å². The van der Waals surface area contributed by atoms with Crippen molar-refractivity contribution in [3.8, 4) is 6.07 Å². The van der Waals surface area contributed by atoms with Gasteiger partial charge in [-0.25, -0.2) is 0 Å². The highest BCUT2D eigenvalue weighted by Crippen LogP contribution is 2.23. The number of anilines is 2. The van der Waals surface area contributed by atoms with Crippen molar-refractivity contribution >= 4 is 28.9 Å². The zero-order valence-corrected chi connectivity index (χ0v) is 17.9. The molecule has 0 atom stereocenters. The summed E-state index contributed by atoms with van der Waals surface area (Å²) in [5.74, 6) is 0.301. The molecule has 0 aliphatic rings. The van der Waals surface area contributed by atoms with E-state index < -0.39 is 0 Å². The quantitative estimate of drug-likeness (QED) is 0.514. The smallest absolute Gasteiger partial charge is 0.243 e. The van der Waals surface area contributed by atoms with Crippen molar-refractivity contribution in [2.45, 2.75) is 26.3 Å². The zero-order chi connectivity index (χ0) is 21.5. The van der Waals surface area contributed by atoms with Crippen LogP contribution in [0.4, 0.5) is 11.4 Å². The van der Waals surface area contributed by atoms with E-state index in [0.717, 1.165) is 16.9 Å². The summed E-state index contributed by atoms with van der Waals surface area (Å²) in [6, 6.07) is 24.8. The Morgan fingerprint density at radius 3 is 2.47 bits per heavy atom. The van der Waals surface area contributed by atoms with Crippen LogP contribution >= 0.6 is 11.6 Å². The molecule has 152 valence electrons. The third-order valence-corrected chi connectivity index (χ3v) is 5.22. The summed E-state index contributed by atoms with van der Waals surface area (Å²) >= 11 is 6.34. The molecule has 1 N–H and O–H groups in total. The molecule has 4 nitrogen and oxygen atoms in total. The number of carbonyl (C=O) groups is 1. The molecule has 3 rings (SSSR count). The first-order valence-electron chi connectivity index (χ1n) is 9.84. The predicted molar refractivity (Wildman–Crippen MR) is 123 cm³/mol. The average Bonchev–Trinajstić information content (AvgIpc) is 2.75. The van der Waals surface area contributed by atoms with Crippen molar-refractivity contribution in [1.82, 2.24) is 0 Å². The van der Waals surface area contributed by atoms with Crippen LogP contribution in [0.2, 0.25) is 5.02 Å². The molecular formula is C25H24ClN3O. The summed E-state index contributed by atoms with van der Waals surface area (Å²) in [7, 11) is 0. The van der Waals surface area contributed by atoms with Crippen LogP contribution in [0.5, 0.6) is 0 Å². The second kappa shape index (κ2) is 9.96. The Labute approximate surface area is 182 Å². The molecule has 3 aromatic carbocycles. The highest BCUT2D eigenvalue weighted by Gasteiger charge is 2.15. The fourth-order valence-electron chi connectivity index (χ4n) is 3.17. The maximum absolute atomic E-state index is 12.8. The Morgan fingerprint density at radius 1 is 1.07 bits per heavy atom. The van der Waals surface area contributed by atoms with E-state index in [2.05, 4.69) is 25.2 Å². The molecule has 0 heterocycles. The van der Waals surface area contributed by atoms with Crippen LogP contribution < -0.4 is 10.2 Å². The monoisotopic (exact) mass is 417 g/mol. The molecule has 5 heteroatoms. The van der Waals surface area contributed by atoms with Crippen LogP contribution in [0.15, 0.2) is 72.8 Å². The van der Waals surface area contributed by atoms with Crippen LogP contribution in [0, 0.1) is 11.3 Å². The lowest BCUT2D eigenvalue weighted by atomic mass is 10.0. The molecule has 0 saturated carbocycles. The molecule has 0 aliphatic heterocycles. The van der Waals surface area contributed by atoms with Gasteiger partial charge < -0.3 is 10.2 Å². The molecule has 1 amide bonds. The zero-order valence-electron chi connectivity index (χ0n) is 17.1. The number of amides is 1. The summed E-state index contributed by atoms with van der Waals surface area (Å²) in [5.41, 5.74) is 4.23. The maximum atomic E-state index is 12.8. The van der Waals surface area contributed by atoms with Crippen molar-refractivity contribution in [2.24, 2.45) is 0 Å². The molecule has 0 aliphatic carbocycles. The number of rotatable bonds is 7. The van der Waals surface area contributed by atoms with Crippen molar-refractivity contribution in [3.05, 3.63) is 94.5 Å². The minimum atomic E-state index is -0.137. The van der Waals surface area contributed by atoms with Gasteiger partial charge in [0.1, 0.15) is 0 Å². The van der Waals surface area contributed by atoms with Crippen LogP contribution in [0.25, 0.3) is 0 Å². The Balaban J connectivity index is 1.80. The average molecular weight is 418 g/mol. The fraction of sp³-hybridized carbons (Fsp3) is 0.200. The molecule has 3 aromatic rings. The van der Waals surface area contributed by atoms with Gasteiger partial charge in [0, 0.05) is 22.9 Å². The van der Waals surface area contributed by atoms with Gasteiger partial charge in [-0.1, -0.05) is 61.8 Å². The van der Waals surface area contributed by atoms with Crippen molar-refractivity contribution in [1.29, 1.82) is 5.26 Å². The molecule has 0 saturated heterocycles. The van der Waals surface area contributed by atoms with Crippen LogP contribution in [-0.4, -0.2) is 12.5 Å². The normalized spacial score (nSPS) is 10.5. The molecule has 0 fully saturated rings. The van der Waals surface area contributed by atoms with Gasteiger partial charge in [-0.2, -0.15) is 5.26 Å². The van der Waals surface area contributed by atoms with E-state index in [1.807, 2.05) is 65.6 Å². The third kappa shape index (κ3) is 5.62. The standard InChI is InChI=1S/C25H24ClN3O/c1-18(2)20-10-12-22(13-11-20)28-25(30)17-29(16-21-7-3-4-9-24(21)26)23-8-5-6-19(14-23)15-27/h3-14,18H,16-17H2,1-2H3,(H,28,30). The number of nitrogens with one attached hydrogen (secondary N) is 1. The number of nitrogens with zero attached hydrogens (tertiary/aromatic N) is 2. The SMILES string of the molecule is CC(C)c1ccc(NC(=O)CN(Cc2ccccc2Cl)c2cccc(C#N)c2)cc1. The summed E-state index contributed by atoms with van der Waals surface area (Å²) in [6.07, 6.45) is 0. The maximum Gasteiger partial charge on any atom is 0.243 e. The highest BCUT2D eigenvalue weighted by atomic mass is 35.5. The van der Waals surface area contributed by atoms with E-state index in [1.54, 1.807) is 12.1 Å². The van der Waals surface area contributed by atoms with E-state index in [4.69, 9.17) is 11.6 Å². The van der Waals surface area contributed by atoms with Crippen molar-refractivity contribution < 1.29 is 4.79 Å². The molecule has 0 spiro atoms. The lowest BCUT2D eigenvalue weighted by molar-refractivity contribution is -0.115. The summed E-state index contributed by atoms with van der Waals surface area (Å²) in [6.45, 7) is 4.85. The van der Waals surface area contributed by atoms with Gasteiger partial charge in [-0.15, -0.1) is 0 Å². The van der Waals surface area contributed by atoms with Gasteiger partial charge in [0.15, 0.2) is 0 Å². The largest absolute Gasteiger partial charge is 0.358 e. The summed E-state index contributed by atoms with van der Waals surface area (Å²) in [5, 5.41) is 12.8. The topological polar surface area (TPSA) is 56.1 Å². The van der Waals surface area contributed by atoms with E-state index >= 15 is 0 Å². The van der Waals surface area contributed by atoms with Crippen LogP contribution in [-0.2, 0) is 11.3 Å². The third-order valence-electron chi connectivity index (χ3n) is 4.86. The Bertz CT molecular complexity index is 1050. The molecule has 30 heavy (non-hydrogen) atoms. The van der Waals surface area contributed by atoms with Gasteiger partial charge in [0.2, 0.25) is 5.91 Å². The van der Waals surface area contributed by atoms with Gasteiger partial charge in [-0.3, -0.25) is 4.79 Å². The first-order valence-corrected chi connectivity index (χ1v) is 10.2. The van der Waals surface area contributed by atoms with E-state index in [0.29, 0.717) is 23.0 Å². The summed E-state index contributed by atoms with van der Waals surface area (Å²) in [4.78, 5) is 14.7. The Morgan fingerprint density at radius 2 is 1.80 bits per heavy atom. The molecule has 0 aromatic heterocycles. The highest BCUT2D eigenvalue weighted by molar-refractivity contribution is 6.31. The van der Waals surface area contributed by atoms with Gasteiger partial charge >= 0.3 is 0 Å². The van der Waals surface area contributed by atoms with Gasteiger partial charge in [0.25, 0.3) is 0 Å². The van der Waals surface area contributed by atoms with E-state index in [1.165, 1.54) is 5.56 Å². The summed E-state index contributed by atoms with van der Waals surface area (Å²) < 4.78 is 0. The first-order chi connectivity index (χ1) is 14.5. The van der Waals surface area contributed by atoms with Crippen molar-refractivity contribution in [2.75, 3.05) is 16.8 Å². The predicted octanol–water partition coefficient (Wildman–Crippen LogP) is 5.98. The molecular weight excluding hydrogens is 394 g/mol. The molecule has 0 unspecified atom stereocenters. The van der Waals surface area contributed by atoms with Crippen LogP contribution in [0.1, 0.15) is 36.5 Å². The second-order valence-electron chi connectivity index (χ2n) is 7.43.